The zero-order valence-electron chi connectivity index (χ0n) is 10.5. The molecule has 0 bridgehead atoms. The average Bonchev–Trinajstić information content (AvgIpc) is 2.27. The van der Waals surface area contributed by atoms with Gasteiger partial charge in [0, 0.05) is 5.57 Å². The highest BCUT2D eigenvalue weighted by molar-refractivity contribution is 5.91. The summed E-state index contributed by atoms with van der Waals surface area (Å²) in [6.45, 7) is 5.81. The summed E-state index contributed by atoms with van der Waals surface area (Å²) in [4.78, 5) is 21.6. The van der Waals surface area contributed by atoms with Crippen molar-refractivity contribution < 1.29 is 19.4 Å². The monoisotopic (exact) mass is 242 g/mol. The smallest absolute Gasteiger partial charge is 0.331 e. The quantitative estimate of drug-likeness (QED) is 0.363. The molecular weight excluding hydrogens is 220 g/mol. The lowest BCUT2D eigenvalue weighted by Crippen LogP contribution is -2.10. The molecule has 0 fully saturated rings. The van der Waals surface area contributed by atoms with Crippen LogP contribution in [-0.4, -0.2) is 23.7 Å². The Bertz CT molecular complexity index is 258. The second kappa shape index (κ2) is 9.87. The van der Waals surface area contributed by atoms with Crippen LogP contribution >= 0.6 is 0 Å². The number of esters is 1. The second-order valence-corrected chi connectivity index (χ2v) is 4.07. The summed E-state index contributed by atoms with van der Waals surface area (Å²) < 4.78 is 4.91. The summed E-state index contributed by atoms with van der Waals surface area (Å²) >= 11 is 0. The molecule has 0 unspecified atom stereocenters. The Hall–Kier alpha value is -1.32. The molecule has 0 aromatic rings. The minimum atomic E-state index is -1.15. The maximum Gasteiger partial charge on any atom is 0.331 e. The maximum absolute atomic E-state index is 11.1. The SMILES string of the molecule is C=C(CC(=O)OCCCCCCCC)C(=O)O. The van der Waals surface area contributed by atoms with Gasteiger partial charge in [-0.25, -0.2) is 4.79 Å². The maximum atomic E-state index is 11.1. The minimum absolute atomic E-state index is 0.127. The third-order valence-electron chi connectivity index (χ3n) is 2.42. The molecule has 4 heteroatoms. The number of aliphatic carboxylic acids is 1. The van der Waals surface area contributed by atoms with E-state index in [-0.39, 0.29) is 12.0 Å². The van der Waals surface area contributed by atoms with Gasteiger partial charge in [0.2, 0.25) is 0 Å². The van der Waals surface area contributed by atoms with Crippen molar-refractivity contribution in [3.8, 4) is 0 Å². The third-order valence-corrected chi connectivity index (χ3v) is 2.42. The molecule has 0 radical (unpaired) electrons. The molecule has 17 heavy (non-hydrogen) atoms. The Kier molecular flexibility index (Phi) is 9.11. The lowest BCUT2D eigenvalue weighted by atomic mass is 10.1. The third kappa shape index (κ3) is 9.60. The van der Waals surface area contributed by atoms with Crippen LogP contribution in [0.5, 0.6) is 0 Å². The molecule has 0 spiro atoms. The number of carbonyl (C=O) groups excluding carboxylic acids is 1. The topological polar surface area (TPSA) is 63.6 Å². The molecule has 1 N–H and O–H groups in total. The van der Waals surface area contributed by atoms with Crippen LogP contribution < -0.4 is 0 Å². The van der Waals surface area contributed by atoms with E-state index in [1.165, 1.54) is 19.3 Å². The van der Waals surface area contributed by atoms with Crippen molar-refractivity contribution >= 4 is 11.9 Å². The molecule has 0 aromatic heterocycles. The van der Waals surface area contributed by atoms with Gasteiger partial charge < -0.3 is 9.84 Å². The number of unbranched alkanes of at least 4 members (excludes halogenated alkanes) is 5. The largest absolute Gasteiger partial charge is 0.478 e. The van der Waals surface area contributed by atoms with E-state index in [1.54, 1.807) is 0 Å². The van der Waals surface area contributed by atoms with Gasteiger partial charge in [0.25, 0.3) is 0 Å². The molecule has 98 valence electrons. The second-order valence-electron chi connectivity index (χ2n) is 4.07. The van der Waals surface area contributed by atoms with E-state index in [2.05, 4.69) is 13.5 Å². The van der Waals surface area contributed by atoms with Crippen LogP contribution in [0.15, 0.2) is 12.2 Å². The molecule has 0 saturated carbocycles. The van der Waals surface area contributed by atoms with E-state index >= 15 is 0 Å². The fraction of sp³-hybridized carbons (Fsp3) is 0.692. The predicted octanol–water partition coefficient (Wildman–Crippen LogP) is 2.92. The van der Waals surface area contributed by atoms with E-state index in [9.17, 15) is 9.59 Å². The van der Waals surface area contributed by atoms with Crippen molar-refractivity contribution in [1.82, 2.24) is 0 Å². The minimum Gasteiger partial charge on any atom is -0.478 e. The van der Waals surface area contributed by atoms with E-state index < -0.39 is 11.9 Å². The van der Waals surface area contributed by atoms with Crippen molar-refractivity contribution in [3.63, 3.8) is 0 Å². The van der Waals surface area contributed by atoms with Crippen LogP contribution in [0.25, 0.3) is 0 Å². The Labute approximate surface area is 103 Å². The number of carboxylic acids is 1. The first-order chi connectivity index (χ1) is 8.07. The number of carboxylic acid groups (broad SMARTS) is 1. The van der Waals surface area contributed by atoms with E-state index in [0.29, 0.717) is 6.61 Å². The summed E-state index contributed by atoms with van der Waals surface area (Å²) in [6, 6.07) is 0. The lowest BCUT2D eigenvalue weighted by molar-refractivity contribution is -0.144. The number of hydrogen-bond acceptors (Lipinski definition) is 3. The molecule has 0 aromatic carbocycles. The van der Waals surface area contributed by atoms with Crippen molar-refractivity contribution in [2.45, 2.75) is 51.9 Å². The molecule has 0 atom stereocenters. The lowest BCUT2D eigenvalue weighted by Gasteiger charge is -2.04. The Balaban J connectivity index is 3.39. The Morgan fingerprint density at radius 1 is 1.12 bits per heavy atom. The fourth-order valence-electron chi connectivity index (χ4n) is 1.37. The Morgan fingerprint density at radius 3 is 2.29 bits per heavy atom. The van der Waals surface area contributed by atoms with Crippen molar-refractivity contribution in [2.24, 2.45) is 0 Å². The van der Waals surface area contributed by atoms with Crippen LogP contribution in [0.1, 0.15) is 51.9 Å². The number of rotatable bonds is 10. The molecule has 4 nitrogen and oxygen atoms in total. The van der Waals surface area contributed by atoms with E-state index in [0.717, 1.165) is 19.3 Å². The van der Waals surface area contributed by atoms with Gasteiger partial charge >= 0.3 is 11.9 Å². The van der Waals surface area contributed by atoms with Crippen LogP contribution in [-0.2, 0) is 14.3 Å². The van der Waals surface area contributed by atoms with Crippen LogP contribution in [0.4, 0.5) is 0 Å². The fourth-order valence-corrected chi connectivity index (χ4v) is 1.37. The molecule has 0 amide bonds. The summed E-state index contributed by atoms with van der Waals surface area (Å²) in [7, 11) is 0. The van der Waals surface area contributed by atoms with Crippen LogP contribution in [0.2, 0.25) is 0 Å². The molecular formula is C13H22O4. The zero-order chi connectivity index (χ0) is 13.1. The predicted molar refractivity (Wildman–Crippen MR) is 65.7 cm³/mol. The summed E-state index contributed by atoms with van der Waals surface area (Å²) in [5.74, 6) is -1.66. The molecule has 0 saturated heterocycles. The van der Waals surface area contributed by atoms with Gasteiger partial charge in [-0.1, -0.05) is 45.6 Å². The Morgan fingerprint density at radius 2 is 1.71 bits per heavy atom. The summed E-state index contributed by atoms with van der Waals surface area (Å²) in [5, 5.41) is 8.52. The average molecular weight is 242 g/mol. The van der Waals surface area contributed by atoms with Gasteiger partial charge in [-0.3, -0.25) is 4.79 Å². The van der Waals surface area contributed by atoms with Gasteiger partial charge in [0.05, 0.1) is 13.0 Å². The summed E-state index contributed by atoms with van der Waals surface area (Å²) in [5.41, 5.74) is -0.127. The van der Waals surface area contributed by atoms with Crippen molar-refractivity contribution in [1.29, 1.82) is 0 Å². The van der Waals surface area contributed by atoms with E-state index in [4.69, 9.17) is 9.84 Å². The highest BCUT2D eigenvalue weighted by Gasteiger charge is 2.10. The van der Waals surface area contributed by atoms with Crippen LogP contribution in [0.3, 0.4) is 0 Å². The normalized spacial score (nSPS) is 9.94. The number of ether oxygens (including phenoxy) is 1. The van der Waals surface area contributed by atoms with Gasteiger partial charge in [-0.05, 0) is 6.42 Å². The van der Waals surface area contributed by atoms with Gasteiger partial charge in [0.15, 0.2) is 0 Å². The summed E-state index contributed by atoms with van der Waals surface area (Å²) in [6.07, 6.45) is 6.51. The van der Waals surface area contributed by atoms with Gasteiger partial charge in [0.1, 0.15) is 0 Å². The number of hydrogen-bond donors (Lipinski definition) is 1. The highest BCUT2D eigenvalue weighted by Crippen LogP contribution is 2.06. The molecule has 0 aliphatic heterocycles. The van der Waals surface area contributed by atoms with Gasteiger partial charge in [-0.2, -0.15) is 0 Å². The molecule has 0 aliphatic carbocycles. The van der Waals surface area contributed by atoms with Crippen molar-refractivity contribution in [2.75, 3.05) is 6.61 Å². The van der Waals surface area contributed by atoms with Crippen LogP contribution in [0, 0.1) is 0 Å². The van der Waals surface area contributed by atoms with E-state index in [1.807, 2.05) is 0 Å². The number of carbonyl (C=O) groups is 2. The first-order valence-electron chi connectivity index (χ1n) is 6.14. The first-order valence-corrected chi connectivity index (χ1v) is 6.14. The van der Waals surface area contributed by atoms with Gasteiger partial charge in [-0.15, -0.1) is 0 Å². The zero-order valence-corrected chi connectivity index (χ0v) is 10.5. The molecule has 0 heterocycles. The standard InChI is InChI=1S/C13H22O4/c1-3-4-5-6-7-8-9-17-12(14)10-11(2)13(15)16/h2-10H2,1H3,(H,15,16). The highest BCUT2D eigenvalue weighted by atomic mass is 16.5. The molecule has 0 aliphatic rings. The first kappa shape index (κ1) is 15.7. The van der Waals surface area contributed by atoms with Crippen molar-refractivity contribution in [3.05, 3.63) is 12.2 Å². The molecule has 0 rings (SSSR count).